The lowest BCUT2D eigenvalue weighted by molar-refractivity contribution is -0.145. The minimum atomic E-state index is -1.73. The Hall–Kier alpha value is -1.23. The number of thioether (sulfide) groups is 1. The topological polar surface area (TPSA) is 46.5 Å². The van der Waals surface area contributed by atoms with Crippen molar-refractivity contribution in [3.8, 4) is 5.75 Å². The fourth-order valence-corrected chi connectivity index (χ4v) is 1.60. The smallest absolute Gasteiger partial charge is 0.351 e. The number of phenolic OH excluding ortho intramolecular Hbond substituents is 1. The van der Waals surface area contributed by atoms with Crippen LogP contribution < -0.4 is 0 Å². The molecule has 5 heteroatoms. The number of halogens is 1. The highest BCUT2D eigenvalue weighted by Crippen LogP contribution is 2.26. The van der Waals surface area contributed by atoms with Crippen LogP contribution in [0.25, 0.3) is 0 Å². The van der Waals surface area contributed by atoms with Crippen molar-refractivity contribution in [3.05, 3.63) is 24.3 Å². The van der Waals surface area contributed by atoms with E-state index < -0.39 is 11.5 Å². The van der Waals surface area contributed by atoms with Crippen LogP contribution >= 0.6 is 11.8 Å². The molecule has 15 heavy (non-hydrogen) atoms. The highest BCUT2D eigenvalue weighted by atomic mass is 32.2. The van der Waals surface area contributed by atoms with Crippen LogP contribution in [0.5, 0.6) is 5.75 Å². The van der Waals surface area contributed by atoms with Gasteiger partial charge in [0.15, 0.2) is 0 Å². The summed E-state index contributed by atoms with van der Waals surface area (Å²) >= 11 is 0.748. The third kappa shape index (κ3) is 3.79. The van der Waals surface area contributed by atoms with E-state index in [1.54, 1.807) is 6.92 Å². The number of esters is 1. The Morgan fingerprint density at radius 2 is 2.13 bits per heavy atom. The summed E-state index contributed by atoms with van der Waals surface area (Å²) < 4.78 is 17.7. The van der Waals surface area contributed by atoms with Gasteiger partial charge in [-0.3, -0.25) is 0 Å². The summed E-state index contributed by atoms with van der Waals surface area (Å²) in [5, 5.41) is 8.99. The summed E-state index contributed by atoms with van der Waals surface area (Å²) in [4.78, 5) is 11.5. The van der Waals surface area contributed by atoms with Crippen LogP contribution in [0, 0.1) is 0 Å². The normalized spacial score (nSPS) is 12.1. The molecule has 1 atom stereocenters. The first kappa shape index (κ1) is 11.8. The second-order valence-corrected chi connectivity index (χ2v) is 3.80. The lowest BCUT2D eigenvalue weighted by Gasteiger charge is -2.06. The molecule has 0 spiro atoms. The first-order chi connectivity index (χ1) is 7.13. The second kappa shape index (κ2) is 5.60. The first-order valence-electron chi connectivity index (χ1n) is 4.40. The number of benzene rings is 1. The van der Waals surface area contributed by atoms with E-state index in [4.69, 9.17) is 5.11 Å². The van der Waals surface area contributed by atoms with Crippen molar-refractivity contribution in [1.29, 1.82) is 0 Å². The Labute approximate surface area is 91.2 Å². The minimum absolute atomic E-state index is 0.103. The zero-order valence-corrected chi connectivity index (χ0v) is 8.96. The van der Waals surface area contributed by atoms with E-state index >= 15 is 0 Å². The number of rotatable bonds is 4. The van der Waals surface area contributed by atoms with Gasteiger partial charge in [-0.15, -0.1) is 0 Å². The molecule has 1 unspecified atom stereocenters. The summed E-state index contributed by atoms with van der Waals surface area (Å²) in [5.41, 5.74) is -1.73. The summed E-state index contributed by atoms with van der Waals surface area (Å²) in [6.45, 7) is 1.78. The molecule has 1 rings (SSSR count). The number of carbonyl (C=O) groups is 1. The number of carbonyl (C=O) groups excluding carboxylic acids is 1. The maximum atomic E-state index is 13.2. The molecule has 0 aliphatic heterocycles. The SMILES string of the molecule is CCOC(=O)C(F)Sc1ccc(O)cc1. The monoisotopic (exact) mass is 230 g/mol. The largest absolute Gasteiger partial charge is 0.508 e. The third-order valence-corrected chi connectivity index (χ3v) is 2.49. The van der Waals surface area contributed by atoms with Crippen LogP contribution in [0.15, 0.2) is 29.2 Å². The van der Waals surface area contributed by atoms with Crippen LogP contribution in [0.1, 0.15) is 6.92 Å². The molecule has 82 valence electrons. The Balaban J connectivity index is 2.54. The lowest BCUT2D eigenvalue weighted by atomic mass is 10.3. The number of phenols is 1. The summed E-state index contributed by atoms with van der Waals surface area (Å²) in [6.07, 6.45) is 0. The molecule has 3 nitrogen and oxygen atoms in total. The van der Waals surface area contributed by atoms with Crippen LogP contribution in [-0.2, 0) is 9.53 Å². The van der Waals surface area contributed by atoms with Gasteiger partial charge < -0.3 is 9.84 Å². The van der Waals surface area contributed by atoms with Gasteiger partial charge >= 0.3 is 5.97 Å². The molecule has 0 radical (unpaired) electrons. The minimum Gasteiger partial charge on any atom is -0.508 e. The number of aromatic hydroxyl groups is 1. The fourth-order valence-electron chi connectivity index (χ4n) is 0.900. The predicted molar refractivity (Wildman–Crippen MR) is 55.5 cm³/mol. The van der Waals surface area contributed by atoms with Crippen molar-refractivity contribution in [2.24, 2.45) is 0 Å². The molecular weight excluding hydrogens is 219 g/mol. The van der Waals surface area contributed by atoms with Crippen LogP contribution in [0.4, 0.5) is 4.39 Å². The quantitative estimate of drug-likeness (QED) is 0.637. The van der Waals surface area contributed by atoms with Gasteiger partial charge in [0.05, 0.1) is 6.61 Å². The van der Waals surface area contributed by atoms with E-state index in [0.29, 0.717) is 4.90 Å². The van der Waals surface area contributed by atoms with Crippen molar-refractivity contribution >= 4 is 17.7 Å². The summed E-state index contributed by atoms with van der Waals surface area (Å²) in [5.74, 6) is -0.776. The van der Waals surface area contributed by atoms with Gasteiger partial charge in [0.1, 0.15) is 5.75 Å². The maximum Gasteiger partial charge on any atom is 0.351 e. The molecule has 0 heterocycles. The van der Waals surface area contributed by atoms with Crippen LogP contribution in [-0.4, -0.2) is 23.2 Å². The fraction of sp³-hybridized carbons (Fsp3) is 0.300. The van der Waals surface area contributed by atoms with Crippen LogP contribution in [0.3, 0.4) is 0 Å². The third-order valence-electron chi connectivity index (χ3n) is 1.55. The molecule has 0 fully saturated rings. The number of hydrogen-bond acceptors (Lipinski definition) is 4. The average molecular weight is 230 g/mol. The molecule has 0 bridgehead atoms. The van der Waals surface area contributed by atoms with Crippen molar-refractivity contribution in [2.75, 3.05) is 6.61 Å². The Morgan fingerprint density at radius 1 is 1.53 bits per heavy atom. The van der Waals surface area contributed by atoms with E-state index in [0.717, 1.165) is 11.8 Å². The Morgan fingerprint density at radius 3 is 2.67 bits per heavy atom. The van der Waals surface area contributed by atoms with Gasteiger partial charge in [0.25, 0.3) is 0 Å². The average Bonchev–Trinajstić information content (AvgIpc) is 2.22. The molecule has 1 N–H and O–H groups in total. The first-order valence-corrected chi connectivity index (χ1v) is 5.28. The highest BCUT2D eigenvalue weighted by molar-refractivity contribution is 8.00. The van der Waals surface area contributed by atoms with Crippen molar-refractivity contribution < 1.29 is 19.0 Å². The van der Waals surface area contributed by atoms with Crippen molar-refractivity contribution in [3.63, 3.8) is 0 Å². The standard InChI is InChI=1S/C10H11FO3S/c1-2-14-10(13)9(11)15-8-5-3-7(12)4-6-8/h3-6,9,12H,2H2,1H3. The number of alkyl halides is 1. The maximum absolute atomic E-state index is 13.2. The highest BCUT2D eigenvalue weighted by Gasteiger charge is 2.19. The summed E-state index contributed by atoms with van der Waals surface area (Å²) in [7, 11) is 0. The molecule has 0 saturated heterocycles. The van der Waals surface area contributed by atoms with E-state index in [1.165, 1.54) is 24.3 Å². The van der Waals surface area contributed by atoms with Crippen molar-refractivity contribution in [2.45, 2.75) is 17.3 Å². The van der Waals surface area contributed by atoms with E-state index in [2.05, 4.69) is 4.74 Å². The number of ether oxygens (including phenoxy) is 1. The molecule has 0 amide bonds. The van der Waals surface area contributed by atoms with Gasteiger partial charge in [-0.1, -0.05) is 11.8 Å². The van der Waals surface area contributed by atoms with Crippen molar-refractivity contribution in [1.82, 2.24) is 0 Å². The van der Waals surface area contributed by atoms with Gasteiger partial charge in [0, 0.05) is 4.90 Å². The van der Waals surface area contributed by atoms with Crippen LogP contribution in [0.2, 0.25) is 0 Å². The Kier molecular flexibility index (Phi) is 4.42. The van der Waals surface area contributed by atoms with Gasteiger partial charge in [-0.2, -0.15) is 0 Å². The second-order valence-electron chi connectivity index (χ2n) is 2.68. The predicted octanol–water partition coefficient (Wildman–Crippen LogP) is 2.34. The zero-order valence-electron chi connectivity index (χ0n) is 8.14. The van der Waals surface area contributed by atoms with E-state index in [-0.39, 0.29) is 12.4 Å². The van der Waals surface area contributed by atoms with Gasteiger partial charge in [-0.25, -0.2) is 9.18 Å². The van der Waals surface area contributed by atoms with Gasteiger partial charge in [-0.05, 0) is 31.2 Å². The van der Waals surface area contributed by atoms with E-state index in [9.17, 15) is 9.18 Å². The molecule has 1 aromatic carbocycles. The van der Waals surface area contributed by atoms with E-state index in [1.807, 2.05) is 0 Å². The molecular formula is C10H11FO3S. The molecule has 0 aliphatic carbocycles. The molecule has 0 saturated carbocycles. The Bertz CT molecular complexity index is 326. The molecule has 0 aliphatic rings. The molecule has 1 aromatic rings. The lowest BCUT2D eigenvalue weighted by Crippen LogP contribution is -2.15. The summed E-state index contributed by atoms with van der Waals surface area (Å²) in [6, 6.07) is 5.93. The zero-order chi connectivity index (χ0) is 11.3. The molecule has 0 aromatic heterocycles. The van der Waals surface area contributed by atoms with Gasteiger partial charge in [0.2, 0.25) is 5.50 Å². The number of hydrogen-bond donors (Lipinski definition) is 1.